The lowest BCUT2D eigenvalue weighted by Crippen LogP contribution is -2.36. The monoisotopic (exact) mass is 284 g/mol. The van der Waals surface area contributed by atoms with Crippen LogP contribution >= 0.6 is 0 Å². The van der Waals surface area contributed by atoms with Gasteiger partial charge in [-0.1, -0.05) is 61.4 Å². The van der Waals surface area contributed by atoms with Crippen LogP contribution in [0.4, 0.5) is 0 Å². The number of Topliss-reactive ketones (excluding diaryl/α,β-unsaturated/α-hetero) is 1. The summed E-state index contributed by atoms with van der Waals surface area (Å²) in [6.07, 6.45) is 13.3. The van der Waals surface area contributed by atoms with Crippen molar-refractivity contribution < 1.29 is 9.90 Å². The van der Waals surface area contributed by atoms with E-state index in [1.54, 1.807) is 12.2 Å². The number of hydrogen-bond acceptors (Lipinski definition) is 2. The highest BCUT2D eigenvalue weighted by molar-refractivity contribution is 5.89. The van der Waals surface area contributed by atoms with Crippen LogP contribution in [0.2, 0.25) is 0 Å². The van der Waals surface area contributed by atoms with Crippen molar-refractivity contribution in [1.82, 2.24) is 0 Å². The van der Waals surface area contributed by atoms with Crippen molar-refractivity contribution in [3.05, 3.63) is 60.2 Å². The molecule has 1 aromatic rings. The van der Waals surface area contributed by atoms with Crippen LogP contribution in [-0.4, -0.2) is 16.5 Å². The van der Waals surface area contributed by atoms with Gasteiger partial charge in [0.15, 0.2) is 5.78 Å². The molecule has 1 atom stereocenters. The lowest BCUT2D eigenvalue weighted by Gasteiger charge is -2.23. The lowest BCUT2D eigenvalue weighted by molar-refractivity contribution is -0.132. The van der Waals surface area contributed by atoms with E-state index >= 15 is 0 Å². The molecular weight excluding hydrogens is 260 g/mol. The third kappa shape index (κ3) is 4.98. The number of rotatable bonds is 8. The number of aliphatic hydroxyl groups is 1. The van der Waals surface area contributed by atoms with Gasteiger partial charge in [0.1, 0.15) is 5.60 Å². The summed E-state index contributed by atoms with van der Waals surface area (Å²) in [5.41, 5.74) is 0.126. The molecule has 0 saturated heterocycles. The van der Waals surface area contributed by atoms with Crippen molar-refractivity contribution in [2.24, 2.45) is 0 Å². The van der Waals surface area contributed by atoms with E-state index in [0.29, 0.717) is 12.8 Å². The van der Waals surface area contributed by atoms with Crippen LogP contribution in [-0.2, 0) is 11.2 Å². The highest BCUT2D eigenvalue weighted by atomic mass is 16.3. The molecule has 0 amide bonds. The number of unbranched alkanes of at least 4 members (excludes halogenated alkanes) is 3. The molecule has 1 aliphatic rings. The zero-order chi connectivity index (χ0) is 15.0. The number of aryl methyl sites for hydroxylation is 1. The molecule has 1 N–H and O–H groups in total. The Kier molecular flexibility index (Phi) is 5.94. The van der Waals surface area contributed by atoms with E-state index in [2.05, 4.69) is 24.3 Å². The Labute approximate surface area is 127 Å². The second-order valence-corrected chi connectivity index (χ2v) is 5.74. The van der Waals surface area contributed by atoms with E-state index in [1.807, 2.05) is 18.2 Å². The zero-order valence-electron chi connectivity index (χ0n) is 12.5. The number of carbonyl (C=O) groups is 1. The Morgan fingerprint density at radius 2 is 1.81 bits per heavy atom. The van der Waals surface area contributed by atoms with Crippen molar-refractivity contribution >= 4 is 5.78 Å². The minimum Gasteiger partial charge on any atom is -0.378 e. The van der Waals surface area contributed by atoms with E-state index in [9.17, 15) is 9.90 Å². The maximum atomic E-state index is 12.0. The first-order valence-electron chi connectivity index (χ1n) is 7.85. The maximum Gasteiger partial charge on any atom is 0.168 e. The molecule has 112 valence electrons. The van der Waals surface area contributed by atoms with Gasteiger partial charge < -0.3 is 5.11 Å². The van der Waals surface area contributed by atoms with Gasteiger partial charge in [0.25, 0.3) is 0 Å². The van der Waals surface area contributed by atoms with Crippen molar-refractivity contribution in [1.29, 1.82) is 0 Å². The summed E-state index contributed by atoms with van der Waals surface area (Å²) < 4.78 is 0. The summed E-state index contributed by atoms with van der Waals surface area (Å²) >= 11 is 0. The van der Waals surface area contributed by atoms with E-state index in [4.69, 9.17) is 0 Å². The molecule has 0 aliphatic heterocycles. The summed E-state index contributed by atoms with van der Waals surface area (Å²) in [7, 11) is 0. The minimum atomic E-state index is -1.25. The topological polar surface area (TPSA) is 37.3 Å². The number of allylic oxidation sites excluding steroid dienone is 2. The fraction of sp³-hybridized carbons (Fsp3) is 0.421. The van der Waals surface area contributed by atoms with Gasteiger partial charge in [-0.2, -0.15) is 0 Å². The molecule has 1 aromatic carbocycles. The predicted octanol–water partition coefficient (Wildman–Crippen LogP) is 4.00. The maximum absolute atomic E-state index is 12.0. The van der Waals surface area contributed by atoms with Crippen LogP contribution < -0.4 is 0 Å². The molecule has 1 unspecified atom stereocenters. The van der Waals surface area contributed by atoms with Crippen LogP contribution in [0.25, 0.3) is 0 Å². The third-order valence-corrected chi connectivity index (χ3v) is 3.99. The number of hydrogen-bond donors (Lipinski definition) is 1. The van der Waals surface area contributed by atoms with E-state index in [-0.39, 0.29) is 5.78 Å². The van der Waals surface area contributed by atoms with Crippen molar-refractivity contribution in [3.63, 3.8) is 0 Å². The third-order valence-electron chi connectivity index (χ3n) is 3.99. The summed E-state index contributed by atoms with van der Waals surface area (Å²) in [6, 6.07) is 10.5. The molecule has 0 saturated carbocycles. The molecule has 1 aliphatic carbocycles. The quantitative estimate of drug-likeness (QED) is 0.733. The zero-order valence-corrected chi connectivity index (χ0v) is 12.5. The van der Waals surface area contributed by atoms with Crippen molar-refractivity contribution in [2.75, 3.05) is 0 Å². The molecular formula is C19H24O2. The van der Waals surface area contributed by atoms with Gasteiger partial charge in [-0.3, -0.25) is 4.79 Å². The smallest absolute Gasteiger partial charge is 0.168 e. The van der Waals surface area contributed by atoms with Crippen molar-refractivity contribution in [3.8, 4) is 0 Å². The van der Waals surface area contributed by atoms with Gasteiger partial charge in [0, 0.05) is 12.8 Å². The van der Waals surface area contributed by atoms with Gasteiger partial charge >= 0.3 is 0 Å². The summed E-state index contributed by atoms with van der Waals surface area (Å²) in [4.78, 5) is 12.0. The SMILES string of the molecule is O=C(CCCCCCc1ccccc1)C1(O)C=CC=CC1. The van der Waals surface area contributed by atoms with E-state index in [0.717, 1.165) is 32.1 Å². The number of carbonyl (C=O) groups excluding carboxylic acids is 1. The second kappa shape index (κ2) is 7.94. The summed E-state index contributed by atoms with van der Waals surface area (Å²) in [6.45, 7) is 0. The van der Waals surface area contributed by atoms with Gasteiger partial charge in [-0.25, -0.2) is 0 Å². The molecule has 0 bridgehead atoms. The van der Waals surface area contributed by atoms with Crippen molar-refractivity contribution in [2.45, 2.75) is 50.5 Å². The number of benzene rings is 1. The first-order valence-corrected chi connectivity index (χ1v) is 7.85. The molecule has 0 aromatic heterocycles. The Balaban J connectivity index is 1.58. The average Bonchev–Trinajstić information content (AvgIpc) is 2.52. The highest BCUT2D eigenvalue weighted by Crippen LogP contribution is 2.21. The Hall–Kier alpha value is -1.67. The first-order chi connectivity index (χ1) is 10.2. The molecule has 2 rings (SSSR count). The first kappa shape index (κ1) is 15.7. The van der Waals surface area contributed by atoms with E-state index < -0.39 is 5.60 Å². The van der Waals surface area contributed by atoms with Gasteiger partial charge in [0.2, 0.25) is 0 Å². The standard InChI is InChI=1S/C19H24O2/c20-18(19(21)15-9-4-10-16-19)14-8-2-1-5-11-17-12-6-3-7-13-17/h3-4,6-7,9-10,12-13,15,21H,1-2,5,8,11,14,16H2. The fourth-order valence-corrected chi connectivity index (χ4v) is 2.65. The molecule has 0 heterocycles. The summed E-state index contributed by atoms with van der Waals surface area (Å²) in [5, 5.41) is 10.2. The summed E-state index contributed by atoms with van der Waals surface area (Å²) in [5.74, 6) is -0.0499. The van der Waals surface area contributed by atoms with Crippen LogP contribution in [0.3, 0.4) is 0 Å². The number of ketones is 1. The molecule has 0 fully saturated rings. The molecule has 0 spiro atoms. The fourth-order valence-electron chi connectivity index (χ4n) is 2.65. The highest BCUT2D eigenvalue weighted by Gasteiger charge is 2.31. The lowest BCUT2D eigenvalue weighted by atomic mass is 9.88. The Morgan fingerprint density at radius 1 is 1.05 bits per heavy atom. The normalized spacial score (nSPS) is 20.6. The molecule has 2 nitrogen and oxygen atoms in total. The van der Waals surface area contributed by atoms with Crippen LogP contribution in [0.1, 0.15) is 44.1 Å². The minimum absolute atomic E-state index is 0.0499. The Bertz CT molecular complexity index is 502. The predicted molar refractivity (Wildman–Crippen MR) is 86.1 cm³/mol. The average molecular weight is 284 g/mol. The van der Waals surface area contributed by atoms with Crippen LogP contribution in [0.15, 0.2) is 54.6 Å². The van der Waals surface area contributed by atoms with Crippen LogP contribution in [0, 0.1) is 0 Å². The van der Waals surface area contributed by atoms with Gasteiger partial charge in [-0.15, -0.1) is 0 Å². The second-order valence-electron chi connectivity index (χ2n) is 5.74. The molecule has 2 heteroatoms. The van der Waals surface area contributed by atoms with Gasteiger partial charge in [-0.05, 0) is 30.9 Å². The molecule has 21 heavy (non-hydrogen) atoms. The van der Waals surface area contributed by atoms with Gasteiger partial charge in [0.05, 0.1) is 0 Å². The van der Waals surface area contributed by atoms with E-state index in [1.165, 1.54) is 5.56 Å². The Morgan fingerprint density at radius 3 is 2.52 bits per heavy atom. The largest absolute Gasteiger partial charge is 0.378 e. The van der Waals surface area contributed by atoms with Crippen LogP contribution in [0.5, 0.6) is 0 Å². The molecule has 0 radical (unpaired) electrons.